The van der Waals surface area contributed by atoms with Crippen molar-refractivity contribution in [2.75, 3.05) is 18.5 Å². The summed E-state index contributed by atoms with van der Waals surface area (Å²) in [5.74, 6) is -2.04. The highest BCUT2D eigenvalue weighted by Gasteiger charge is 2.53. The molecule has 33 heavy (non-hydrogen) atoms. The lowest BCUT2D eigenvalue weighted by atomic mass is 10.0. The summed E-state index contributed by atoms with van der Waals surface area (Å²) >= 11 is 0. The average Bonchev–Trinajstić information content (AvgIpc) is 3.32. The molecule has 0 aromatic heterocycles. The minimum absolute atomic E-state index is 0.0455. The quantitative estimate of drug-likeness (QED) is 0.580. The predicted molar refractivity (Wildman–Crippen MR) is 122 cm³/mol. The molecule has 0 bridgehead atoms. The number of anilines is 1. The molecule has 0 saturated heterocycles. The molecule has 0 unspecified atom stereocenters. The van der Waals surface area contributed by atoms with Crippen molar-refractivity contribution in [1.29, 1.82) is 0 Å². The normalized spacial score (nSPS) is 15.0. The maximum Gasteiger partial charge on any atom is 0.338 e. The SMILES string of the molecule is CCOC(=O)c1cc(NC(=O)C2(S(=O)(=O)c3ccccc3)CCCC2)cc(C(=O)OCC)c1. The van der Waals surface area contributed by atoms with Gasteiger partial charge >= 0.3 is 11.9 Å². The van der Waals surface area contributed by atoms with Crippen LogP contribution in [0.5, 0.6) is 0 Å². The van der Waals surface area contributed by atoms with Crippen LogP contribution in [-0.2, 0) is 24.1 Å². The molecule has 3 rings (SSSR count). The molecule has 0 spiro atoms. The molecule has 8 nitrogen and oxygen atoms in total. The van der Waals surface area contributed by atoms with Crippen molar-refractivity contribution < 1.29 is 32.3 Å². The van der Waals surface area contributed by atoms with Crippen LogP contribution in [0, 0.1) is 0 Å². The smallest absolute Gasteiger partial charge is 0.338 e. The second-order valence-electron chi connectivity index (χ2n) is 7.71. The van der Waals surface area contributed by atoms with E-state index in [1.165, 1.54) is 30.3 Å². The van der Waals surface area contributed by atoms with Crippen LogP contribution in [0.25, 0.3) is 0 Å². The lowest BCUT2D eigenvalue weighted by Gasteiger charge is -2.27. The highest BCUT2D eigenvalue weighted by molar-refractivity contribution is 7.93. The topological polar surface area (TPSA) is 116 Å². The number of hydrogen-bond acceptors (Lipinski definition) is 7. The fourth-order valence-corrected chi connectivity index (χ4v) is 6.09. The van der Waals surface area contributed by atoms with E-state index in [2.05, 4.69) is 5.32 Å². The average molecular weight is 474 g/mol. The van der Waals surface area contributed by atoms with Crippen LogP contribution in [0.15, 0.2) is 53.4 Å². The number of ether oxygens (including phenoxy) is 2. The van der Waals surface area contributed by atoms with Gasteiger partial charge in [0.05, 0.1) is 29.2 Å². The summed E-state index contributed by atoms with van der Waals surface area (Å²) in [4.78, 5) is 38.1. The van der Waals surface area contributed by atoms with Gasteiger partial charge in [0.15, 0.2) is 14.6 Å². The monoisotopic (exact) mass is 473 g/mol. The Labute approximate surface area is 193 Å². The fourth-order valence-electron chi connectivity index (χ4n) is 4.00. The standard InChI is InChI=1S/C24H27NO7S/c1-3-31-21(26)17-14-18(22(27)32-4-2)16-19(15-17)25-23(28)24(12-8-9-13-24)33(29,30)20-10-6-5-7-11-20/h5-7,10-11,14-16H,3-4,8-9,12-13H2,1-2H3,(H,25,28). The van der Waals surface area contributed by atoms with Crippen molar-refractivity contribution in [3.63, 3.8) is 0 Å². The molecule has 0 aliphatic heterocycles. The first-order chi connectivity index (χ1) is 15.7. The van der Waals surface area contributed by atoms with E-state index in [9.17, 15) is 22.8 Å². The van der Waals surface area contributed by atoms with Gasteiger partial charge in [0.25, 0.3) is 0 Å². The summed E-state index contributed by atoms with van der Waals surface area (Å²) in [5.41, 5.74) is 0.205. The van der Waals surface area contributed by atoms with E-state index in [1.54, 1.807) is 32.0 Å². The van der Waals surface area contributed by atoms with Gasteiger partial charge in [-0.25, -0.2) is 18.0 Å². The van der Waals surface area contributed by atoms with Gasteiger partial charge in [0.2, 0.25) is 5.91 Å². The highest BCUT2D eigenvalue weighted by atomic mass is 32.2. The maximum absolute atomic E-state index is 13.5. The summed E-state index contributed by atoms with van der Waals surface area (Å²) in [6.45, 7) is 3.55. The zero-order valence-electron chi connectivity index (χ0n) is 18.6. The van der Waals surface area contributed by atoms with Gasteiger partial charge in [-0.3, -0.25) is 4.79 Å². The van der Waals surface area contributed by atoms with Crippen LogP contribution in [-0.4, -0.2) is 44.2 Å². The predicted octanol–water partition coefficient (Wildman–Crippen LogP) is 3.77. The van der Waals surface area contributed by atoms with Gasteiger partial charge in [-0.05, 0) is 57.0 Å². The van der Waals surface area contributed by atoms with E-state index in [-0.39, 0.29) is 47.8 Å². The molecule has 1 fully saturated rings. The van der Waals surface area contributed by atoms with Gasteiger partial charge < -0.3 is 14.8 Å². The maximum atomic E-state index is 13.5. The molecular weight excluding hydrogens is 446 g/mol. The third-order valence-electron chi connectivity index (χ3n) is 5.61. The van der Waals surface area contributed by atoms with Gasteiger partial charge in [0.1, 0.15) is 0 Å². The summed E-state index contributed by atoms with van der Waals surface area (Å²) in [5, 5.41) is 2.64. The van der Waals surface area contributed by atoms with Crippen molar-refractivity contribution in [1.82, 2.24) is 0 Å². The largest absolute Gasteiger partial charge is 0.462 e. The number of nitrogens with one attached hydrogen (secondary N) is 1. The molecule has 1 amide bonds. The van der Waals surface area contributed by atoms with Crippen molar-refractivity contribution in [3.8, 4) is 0 Å². The van der Waals surface area contributed by atoms with E-state index in [0.717, 1.165) is 0 Å². The van der Waals surface area contributed by atoms with Crippen LogP contribution >= 0.6 is 0 Å². The van der Waals surface area contributed by atoms with Gasteiger partial charge in [-0.15, -0.1) is 0 Å². The minimum Gasteiger partial charge on any atom is -0.462 e. The van der Waals surface area contributed by atoms with Gasteiger partial charge in [-0.2, -0.15) is 0 Å². The molecule has 1 N–H and O–H groups in total. The van der Waals surface area contributed by atoms with E-state index >= 15 is 0 Å². The molecule has 1 saturated carbocycles. The van der Waals surface area contributed by atoms with Crippen LogP contribution < -0.4 is 5.32 Å². The molecule has 9 heteroatoms. The Kier molecular flexibility index (Phi) is 7.53. The van der Waals surface area contributed by atoms with Crippen molar-refractivity contribution in [2.24, 2.45) is 0 Å². The molecule has 2 aromatic carbocycles. The Balaban J connectivity index is 2.00. The summed E-state index contributed by atoms with van der Waals surface area (Å²) < 4.78 is 35.4. The molecular formula is C24H27NO7S. The first kappa shape index (κ1) is 24.4. The molecule has 1 aliphatic rings. The number of carbonyl (C=O) groups is 3. The number of esters is 2. The molecule has 0 heterocycles. The summed E-state index contributed by atoms with van der Waals surface area (Å²) in [6, 6.07) is 11.9. The number of rotatable bonds is 8. The Hall–Kier alpha value is -3.20. The van der Waals surface area contributed by atoms with Crippen LogP contribution in [0.2, 0.25) is 0 Å². The molecule has 0 radical (unpaired) electrons. The second-order valence-corrected chi connectivity index (χ2v) is 9.97. The zero-order chi connectivity index (χ0) is 24.1. The third kappa shape index (κ3) is 4.93. The van der Waals surface area contributed by atoms with Gasteiger partial charge in [0, 0.05) is 5.69 Å². The number of hydrogen-bond donors (Lipinski definition) is 1. The van der Waals surface area contributed by atoms with Gasteiger partial charge in [-0.1, -0.05) is 31.0 Å². The Bertz CT molecular complexity index is 1100. The third-order valence-corrected chi connectivity index (χ3v) is 8.12. The second kappa shape index (κ2) is 10.2. The molecule has 176 valence electrons. The van der Waals surface area contributed by atoms with E-state index in [4.69, 9.17) is 9.47 Å². The zero-order valence-corrected chi connectivity index (χ0v) is 19.4. The number of sulfone groups is 1. The molecule has 1 aliphatic carbocycles. The Morgan fingerprint density at radius 2 is 1.39 bits per heavy atom. The molecule has 0 atom stereocenters. The van der Waals surface area contributed by atoms with Crippen molar-refractivity contribution >= 4 is 33.4 Å². The molecule has 2 aromatic rings. The number of benzene rings is 2. The number of carbonyl (C=O) groups excluding carboxylic acids is 3. The lowest BCUT2D eigenvalue weighted by molar-refractivity contribution is -0.118. The first-order valence-electron chi connectivity index (χ1n) is 10.9. The van der Waals surface area contributed by atoms with Crippen molar-refractivity contribution in [3.05, 3.63) is 59.7 Å². The minimum atomic E-state index is -3.99. The highest BCUT2D eigenvalue weighted by Crippen LogP contribution is 2.41. The Morgan fingerprint density at radius 1 is 0.879 bits per heavy atom. The van der Waals surface area contributed by atoms with Crippen LogP contribution in [0.3, 0.4) is 0 Å². The number of amides is 1. The van der Waals surface area contributed by atoms with Crippen LogP contribution in [0.1, 0.15) is 60.2 Å². The van der Waals surface area contributed by atoms with E-state index in [1.807, 2.05) is 0 Å². The van der Waals surface area contributed by atoms with Crippen LogP contribution in [0.4, 0.5) is 5.69 Å². The lowest BCUT2D eigenvalue weighted by Crippen LogP contribution is -2.47. The van der Waals surface area contributed by atoms with E-state index in [0.29, 0.717) is 12.8 Å². The van der Waals surface area contributed by atoms with Crippen molar-refractivity contribution in [2.45, 2.75) is 49.2 Å². The summed E-state index contributed by atoms with van der Waals surface area (Å²) in [6.07, 6.45) is 1.55. The van der Waals surface area contributed by atoms with E-state index < -0.39 is 32.4 Å². The fraction of sp³-hybridized carbons (Fsp3) is 0.375. The summed E-state index contributed by atoms with van der Waals surface area (Å²) in [7, 11) is -3.99. The first-order valence-corrected chi connectivity index (χ1v) is 12.3. The Morgan fingerprint density at radius 3 is 1.88 bits per heavy atom.